The fourth-order valence-electron chi connectivity index (χ4n) is 3.26. The lowest BCUT2D eigenvalue weighted by atomic mass is 9.84. The maximum Gasteiger partial charge on any atom is 0.0667 e. The average Bonchev–Trinajstić information content (AvgIpc) is 2.56. The Balaban J connectivity index is 1.89. The van der Waals surface area contributed by atoms with Crippen LogP contribution in [0.1, 0.15) is 30.9 Å². The van der Waals surface area contributed by atoms with Gasteiger partial charge in [0.2, 0.25) is 0 Å². The second kappa shape index (κ2) is 7.20. The SMILES string of the molecule is CCC(CCN)NC1=CC(c2ccc(N)c(CN)c2)=CC2CN=C12. The summed E-state index contributed by atoms with van der Waals surface area (Å²) in [5.74, 6) is 0.404. The maximum atomic E-state index is 5.98. The Labute approximate surface area is 143 Å². The molecular weight excluding hydrogens is 298 g/mol. The molecule has 0 bridgehead atoms. The molecule has 2 atom stereocenters. The Morgan fingerprint density at radius 3 is 2.79 bits per heavy atom. The van der Waals surface area contributed by atoms with Gasteiger partial charge in [-0.05, 0) is 54.3 Å². The van der Waals surface area contributed by atoms with Crippen LogP contribution in [0.3, 0.4) is 0 Å². The highest BCUT2D eigenvalue weighted by molar-refractivity contribution is 6.10. The second-order valence-electron chi connectivity index (χ2n) is 6.46. The molecule has 1 aromatic carbocycles. The van der Waals surface area contributed by atoms with E-state index in [1.807, 2.05) is 6.07 Å². The molecule has 5 nitrogen and oxygen atoms in total. The van der Waals surface area contributed by atoms with Crippen LogP contribution in [0.15, 0.2) is 41.0 Å². The monoisotopic (exact) mass is 325 g/mol. The largest absolute Gasteiger partial charge is 0.398 e. The molecule has 1 aromatic rings. The molecule has 24 heavy (non-hydrogen) atoms. The summed E-state index contributed by atoms with van der Waals surface area (Å²) < 4.78 is 0. The predicted molar refractivity (Wildman–Crippen MR) is 101 cm³/mol. The fraction of sp³-hybridized carbons (Fsp3) is 0.421. The van der Waals surface area contributed by atoms with Crippen molar-refractivity contribution in [3.8, 4) is 0 Å². The molecule has 0 saturated heterocycles. The van der Waals surface area contributed by atoms with Crippen molar-refractivity contribution in [1.82, 2.24) is 5.32 Å². The number of hydrogen-bond acceptors (Lipinski definition) is 5. The Kier molecular flexibility index (Phi) is 5.02. The minimum absolute atomic E-state index is 0.385. The van der Waals surface area contributed by atoms with Gasteiger partial charge in [-0.3, -0.25) is 4.99 Å². The van der Waals surface area contributed by atoms with Crippen LogP contribution < -0.4 is 22.5 Å². The van der Waals surface area contributed by atoms with Gasteiger partial charge >= 0.3 is 0 Å². The van der Waals surface area contributed by atoms with Gasteiger partial charge in [0.1, 0.15) is 0 Å². The topological polar surface area (TPSA) is 102 Å². The van der Waals surface area contributed by atoms with Crippen molar-refractivity contribution in [3.63, 3.8) is 0 Å². The van der Waals surface area contributed by atoms with Crippen LogP contribution in [0, 0.1) is 5.92 Å². The van der Waals surface area contributed by atoms with E-state index < -0.39 is 0 Å². The number of hydrogen-bond donors (Lipinski definition) is 4. The minimum atomic E-state index is 0.385. The van der Waals surface area contributed by atoms with E-state index in [1.54, 1.807) is 0 Å². The highest BCUT2D eigenvalue weighted by Gasteiger charge is 2.29. The van der Waals surface area contributed by atoms with Gasteiger partial charge in [0.15, 0.2) is 0 Å². The molecule has 7 N–H and O–H groups in total. The highest BCUT2D eigenvalue weighted by Crippen LogP contribution is 2.32. The molecule has 0 radical (unpaired) electrons. The number of fused-ring (bicyclic) bond motifs is 1. The molecule has 0 saturated carbocycles. The van der Waals surface area contributed by atoms with Crippen LogP contribution in [-0.2, 0) is 6.54 Å². The van der Waals surface area contributed by atoms with Crippen LogP contribution in [-0.4, -0.2) is 24.8 Å². The first-order valence-electron chi connectivity index (χ1n) is 8.70. The van der Waals surface area contributed by atoms with Crippen molar-refractivity contribution < 1.29 is 0 Å². The van der Waals surface area contributed by atoms with Gasteiger partial charge in [-0.1, -0.05) is 19.1 Å². The number of aliphatic imine (C=N–C) groups is 1. The number of nitrogens with one attached hydrogen (secondary N) is 1. The van der Waals surface area contributed by atoms with Crippen molar-refractivity contribution in [2.75, 3.05) is 18.8 Å². The number of anilines is 1. The molecular formula is C19H27N5. The predicted octanol–water partition coefficient (Wildman–Crippen LogP) is 1.80. The summed E-state index contributed by atoms with van der Waals surface area (Å²) in [7, 11) is 0. The maximum absolute atomic E-state index is 5.98. The first kappa shape index (κ1) is 16.7. The summed E-state index contributed by atoms with van der Waals surface area (Å²) in [5.41, 5.74) is 23.9. The molecule has 1 aliphatic heterocycles. The van der Waals surface area contributed by atoms with Crippen LogP contribution in [0.2, 0.25) is 0 Å². The van der Waals surface area contributed by atoms with Gasteiger partial charge in [0.25, 0.3) is 0 Å². The summed E-state index contributed by atoms with van der Waals surface area (Å²) in [6.45, 7) is 4.19. The standard InChI is InChI=1S/C19H27N5/c1-2-16(5-6-20)24-18-9-13(8-15-11-23-19(15)18)12-3-4-17(22)14(7-12)10-21/h3-4,7-9,15-16,24H,2,5-6,10-11,20-22H2,1H3. The number of nitrogen functional groups attached to an aromatic ring is 1. The molecule has 0 aromatic heterocycles. The van der Waals surface area contributed by atoms with Crippen molar-refractivity contribution in [1.29, 1.82) is 0 Å². The first-order valence-corrected chi connectivity index (χ1v) is 8.70. The summed E-state index contributed by atoms with van der Waals surface area (Å²) in [5, 5.41) is 3.64. The summed E-state index contributed by atoms with van der Waals surface area (Å²) in [6.07, 6.45) is 6.50. The third-order valence-electron chi connectivity index (χ3n) is 4.83. The lowest BCUT2D eigenvalue weighted by Crippen LogP contribution is -2.40. The van der Waals surface area contributed by atoms with E-state index in [0.717, 1.165) is 41.9 Å². The van der Waals surface area contributed by atoms with Crippen LogP contribution >= 0.6 is 0 Å². The third kappa shape index (κ3) is 3.23. The molecule has 128 valence electrons. The van der Waals surface area contributed by atoms with Gasteiger partial charge in [-0.15, -0.1) is 0 Å². The number of allylic oxidation sites excluding steroid dienone is 3. The number of nitrogens with zero attached hydrogens (tertiary/aromatic N) is 1. The van der Waals surface area contributed by atoms with Crippen molar-refractivity contribution in [2.24, 2.45) is 22.4 Å². The molecule has 2 aliphatic rings. The minimum Gasteiger partial charge on any atom is -0.398 e. The molecule has 0 fully saturated rings. The lowest BCUT2D eigenvalue weighted by molar-refractivity contribution is 0.522. The van der Waals surface area contributed by atoms with Crippen LogP contribution in [0.5, 0.6) is 0 Å². The molecule has 5 heteroatoms. The zero-order valence-corrected chi connectivity index (χ0v) is 14.3. The van der Waals surface area contributed by atoms with E-state index in [4.69, 9.17) is 17.2 Å². The van der Waals surface area contributed by atoms with E-state index in [-0.39, 0.29) is 0 Å². The van der Waals surface area contributed by atoms with Gasteiger partial charge in [0, 0.05) is 24.2 Å². The normalized spacial score (nSPS) is 20.3. The van der Waals surface area contributed by atoms with Crippen LogP contribution in [0.25, 0.3) is 5.57 Å². The lowest BCUT2D eigenvalue weighted by Gasteiger charge is -2.32. The molecule has 3 rings (SSSR count). The zero-order chi connectivity index (χ0) is 17.1. The van der Waals surface area contributed by atoms with Crippen molar-refractivity contribution in [3.05, 3.63) is 47.2 Å². The smallest absolute Gasteiger partial charge is 0.0667 e. The molecule has 1 aliphatic carbocycles. The van der Waals surface area contributed by atoms with E-state index in [2.05, 4.69) is 41.5 Å². The Hall–Kier alpha value is -2.11. The van der Waals surface area contributed by atoms with Gasteiger partial charge in [-0.2, -0.15) is 0 Å². The second-order valence-corrected chi connectivity index (χ2v) is 6.46. The number of benzene rings is 1. The van der Waals surface area contributed by atoms with Crippen LogP contribution in [0.4, 0.5) is 5.69 Å². The van der Waals surface area contributed by atoms with E-state index in [9.17, 15) is 0 Å². The number of nitrogens with two attached hydrogens (primary N) is 3. The summed E-state index contributed by atoms with van der Waals surface area (Å²) >= 11 is 0. The van der Waals surface area contributed by atoms with Crippen molar-refractivity contribution >= 4 is 17.0 Å². The molecule has 1 heterocycles. The Morgan fingerprint density at radius 2 is 2.17 bits per heavy atom. The number of rotatable bonds is 7. The van der Waals surface area contributed by atoms with Crippen molar-refractivity contribution in [2.45, 2.75) is 32.4 Å². The first-order chi connectivity index (χ1) is 11.7. The average molecular weight is 325 g/mol. The summed E-state index contributed by atoms with van der Waals surface area (Å²) in [4.78, 5) is 4.57. The fourth-order valence-corrected chi connectivity index (χ4v) is 3.26. The Morgan fingerprint density at radius 1 is 1.33 bits per heavy atom. The summed E-state index contributed by atoms with van der Waals surface area (Å²) in [6, 6.07) is 6.47. The zero-order valence-electron chi connectivity index (χ0n) is 14.3. The highest BCUT2D eigenvalue weighted by atomic mass is 15.0. The quantitative estimate of drug-likeness (QED) is 0.574. The van der Waals surface area contributed by atoms with Gasteiger partial charge in [0.05, 0.1) is 18.0 Å². The van der Waals surface area contributed by atoms with E-state index in [0.29, 0.717) is 25.0 Å². The van der Waals surface area contributed by atoms with Gasteiger partial charge < -0.3 is 22.5 Å². The third-order valence-corrected chi connectivity index (χ3v) is 4.83. The molecule has 2 unspecified atom stereocenters. The molecule has 0 amide bonds. The van der Waals surface area contributed by atoms with E-state index >= 15 is 0 Å². The molecule has 0 spiro atoms. The van der Waals surface area contributed by atoms with E-state index in [1.165, 1.54) is 11.3 Å². The van der Waals surface area contributed by atoms with Gasteiger partial charge in [-0.25, -0.2) is 0 Å². The Bertz CT molecular complexity index is 702.